The lowest BCUT2D eigenvalue weighted by Crippen LogP contribution is -2.12. The van der Waals surface area contributed by atoms with Gasteiger partial charge in [0.25, 0.3) is 0 Å². The number of benzene rings is 2. The molecular weight excluding hydrogens is 428 g/mol. The maximum absolute atomic E-state index is 13.8. The van der Waals surface area contributed by atoms with Gasteiger partial charge in [0, 0.05) is 3.92 Å². The molecule has 0 bridgehead atoms. The first-order valence-electron chi connectivity index (χ1n) is 8.01. The molecule has 0 aliphatic heterocycles. The van der Waals surface area contributed by atoms with Gasteiger partial charge in [0.1, 0.15) is 0 Å². The van der Waals surface area contributed by atoms with Crippen LogP contribution in [-0.4, -0.2) is 10.5 Å². The molecule has 0 N–H and O–H groups in total. The lowest BCUT2D eigenvalue weighted by atomic mass is 9.83. The molecule has 1 saturated carbocycles. The van der Waals surface area contributed by atoms with Crippen LogP contribution in [0.4, 0.5) is 13.2 Å². The van der Waals surface area contributed by atoms with Gasteiger partial charge in [0.15, 0.2) is 11.6 Å². The van der Waals surface area contributed by atoms with E-state index < -0.39 is 18.2 Å². The number of hydrogen-bond acceptors (Lipinski definition) is 1. The fourth-order valence-corrected chi connectivity index (χ4v) is 3.92. The molecule has 24 heavy (non-hydrogen) atoms. The lowest BCUT2D eigenvalue weighted by Gasteiger charge is -2.25. The van der Waals surface area contributed by atoms with Crippen LogP contribution in [0.2, 0.25) is 0 Å². The van der Waals surface area contributed by atoms with Gasteiger partial charge in [0.2, 0.25) is 0 Å². The van der Waals surface area contributed by atoms with Crippen LogP contribution in [0.1, 0.15) is 37.2 Å². The van der Waals surface area contributed by atoms with E-state index in [2.05, 4.69) is 39.5 Å². The molecule has 128 valence electrons. The maximum Gasteiger partial charge on any atom is 0.387 e. The van der Waals surface area contributed by atoms with Crippen molar-refractivity contribution in [1.29, 1.82) is 0 Å². The highest BCUT2D eigenvalue weighted by atomic mass is 127. The van der Waals surface area contributed by atoms with E-state index in [1.807, 2.05) is 12.1 Å². The van der Waals surface area contributed by atoms with Crippen molar-refractivity contribution < 1.29 is 17.9 Å². The summed E-state index contributed by atoms with van der Waals surface area (Å²) in [5, 5.41) is 0. The van der Waals surface area contributed by atoms with Gasteiger partial charge < -0.3 is 4.74 Å². The third-order valence-electron chi connectivity index (χ3n) is 4.52. The van der Waals surface area contributed by atoms with Gasteiger partial charge in [0.05, 0.1) is 0 Å². The quantitative estimate of drug-likeness (QED) is 0.382. The minimum atomic E-state index is -3.03. The molecule has 0 saturated heterocycles. The van der Waals surface area contributed by atoms with E-state index >= 15 is 0 Å². The molecule has 0 atom stereocenters. The first-order chi connectivity index (χ1) is 11.5. The minimum Gasteiger partial charge on any atom is -0.432 e. The van der Waals surface area contributed by atoms with Crippen molar-refractivity contribution in [2.45, 2.75) is 42.1 Å². The van der Waals surface area contributed by atoms with Crippen molar-refractivity contribution in [3.63, 3.8) is 0 Å². The van der Waals surface area contributed by atoms with Crippen LogP contribution in [0.5, 0.6) is 5.75 Å². The zero-order chi connectivity index (χ0) is 17.1. The van der Waals surface area contributed by atoms with Gasteiger partial charge in [-0.3, -0.25) is 0 Å². The molecule has 0 amide bonds. The Labute approximate surface area is 153 Å². The topological polar surface area (TPSA) is 9.23 Å². The van der Waals surface area contributed by atoms with Gasteiger partial charge in [-0.05, 0) is 60.4 Å². The second-order valence-electron chi connectivity index (χ2n) is 6.09. The minimum absolute atomic E-state index is 0.430. The molecular formula is C19H18F3IO. The van der Waals surface area contributed by atoms with E-state index in [4.69, 9.17) is 0 Å². The van der Waals surface area contributed by atoms with Crippen LogP contribution in [-0.2, 0) is 0 Å². The van der Waals surface area contributed by atoms with Crippen LogP contribution < -0.4 is 4.74 Å². The Morgan fingerprint density at radius 2 is 1.54 bits per heavy atom. The normalized spacial score (nSPS) is 21.0. The first-order valence-corrected chi connectivity index (χ1v) is 9.26. The first kappa shape index (κ1) is 17.6. The van der Waals surface area contributed by atoms with E-state index in [0.717, 1.165) is 9.49 Å². The summed E-state index contributed by atoms with van der Waals surface area (Å²) in [7, 11) is 0. The standard InChI is InChI=1S/C19H18F3IO/c20-17-11-15(7-10-18(17)24-19(21)22)14-3-1-12(2-4-14)13-5-8-16(23)9-6-13/h1-4,7,10-11,13,16,19H,5-6,8-9H2. The summed E-state index contributed by atoms with van der Waals surface area (Å²) in [6.45, 7) is -3.03. The summed E-state index contributed by atoms with van der Waals surface area (Å²) in [6.07, 6.45) is 4.93. The molecule has 1 fully saturated rings. The van der Waals surface area contributed by atoms with Crippen molar-refractivity contribution in [2.24, 2.45) is 0 Å². The fraction of sp³-hybridized carbons (Fsp3) is 0.368. The second kappa shape index (κ2) is 7.76. The van der Waals surface area contributed by atoms with Gasteiger partial charge in [-0.15, -0.1) is 0 Å². The number of halogens is 4. The Kier molecular flexibility index (Phi) is 5.69. The molecule has 0 radical (unpaired) electrons. The highest BCUT2D eigenvalue weighted by Crippen LogP contribution is 2.36. The third-order valence-corrected chi connectivity index (χ3v) is 5.77. The Morgan fingerprint density at radius 3 is 2.12 bits per heavy atom. The Bertz CT molecular complexity index is 680. The average Bonchev–Trinajstić information content (AvgIpc) is 2.57. The van der Waals surface area contributed by atoms with Crippen LogP contribution in [0.25, 0.3) is 11.1 Å². The molecule has 1 aliphatic rings. The Morgan fingerprint density at radius 1 is 0.917 bits per heavy atom. The Balaban J connectivity index is 1.74. The van der Waals surface area contributed by atoms with Gasteiger partial charge in [-0.25, -0.2) is 4.39 Å². The van der Waals surface area contributed by atoms with E-state index in [-0.39, 0.29) is 0 Å². The zero-order valence-corrected chi connectivity index (χ0v) is 15.2. The summed E-state index contributed by atoms with van der Waals surface area (Å²) in [5.41, 5.74) is 2.83. The van der Waals surface area contributed by atoms with Crippen molar-refractivity contribution in [3.8, 4) is 16.9 Å². The van der Waals surface area contributed by atoms with Crippen LogP contribution in [0.15, 0.2) is 42.5 Å². The smallest absolute Gasteiger partial charge is 0.387 e. The number of hydrogen-bond donors (Lipinski definition) is 0. The predicted octanol–water partition coefficient (Wildman–Crippen LogP) is 6.56. The summed E-state index contributed by atoms with van der Waals surface area (Å²) in [4.78, 5) is 0. The molecule has 2 aromatic carbocycles. The monoisotopic (exact) mass is 446 g/mol. The molecule has 0 aromatic heterocycles. The molecule has 0 heterocycles. The number of alkyl halides is 3. The zero-order valence-electron chi connectivity index (χ0n) is 13.0. The van der Waals surface area contributed by atoms with Crippen LogP contribution in [0, 0.1) is 5.82 Å². The maximum atomic E-state index is 13.8. The summed E-state index contributed by atoms with van der Waals surface area (Å²) >= 11 is 2.52. The van der Waals surface area contributed by atoms with E-state index in [9.17, 15) is 13.2 Å². The van der Waals surface area contributed by atoms with E-state index in [1.54, 1.807) is 6.07 Å². The average molecular weight is 446 g/mol. The molecule has 2 aromatic rings. The SMILES string of the molecule is Fc1cc(-c2ccc(C3CCC(I)CC3)cc2)ccc1OC(F)F. The van der Waals surface area contributed by atoms with Crippen LogP contribution in [0.3, 0.4) is 0 Å². The molecule has 3 rings (SSSR count). The molecule has 0 unspecified atom stereocenters. The second-order valence-corrected chi connectivity index (χ2v) is 7.86. The van der Waals surface area contributed by atoms with E-state index in [0.29, 0.717) is 11.5 Å². The number of rotatable bonds is 4. The van der Waals surface area contributed by atoms with Gasteiger partial charge >= 0.3 is 6.61 Å². The van der Waals surface area contributed by atoms with Crippen molar-refractivity contribution >= 4 is 22.6 Å². The van der Waals surface area contributed by atoms with Crippen molar-refractivity contribution in [2.75, 3.05) is 0 Å². The van der Waals surface area contributed by atoms with Gasteiger partial charge in [-0.2, -0.15) is 8.78 Å². The van der Waals surface area contributed by atoms with Crippen LogP contribution >= 0.6 is 22.6 Å². The largest absolute Gasteiger partial charge is 0.432 e. The van der Waals surface area contributed by atoms with Crippen molar-refractivity contribution in [3.05, 3.63) is 53.8 Å². The fourth-order valence-electron chi connectivity index (χ4n) is 3.21. The third kappa shape index (κ3) is 4.23. The summed E-state index contributed by atoms with van der Waals surface area (Å²) < 4.78 is 43.1. The van der Waals surface area contributed by atoms with Crippen molar-refractivity contribution in [1.82, 2.24) is 0 Å². The highest BCUT2D eigenvalue weighted by Gasteiger charge is 2.20. The molecule has 1 nitrogen and oxygen atoms in total. The van der Waals surface area contributed by atoms with Gasteiger partial charge in [-0.1, -0.05) is 52.9 Å². The molecule has 1 aliphatic carbocycles. The predicted molar refractivity (Wildman–Crippen MR) is 97.5 cm³/mol. The van der Waals surface area contributed by atoms with E-state index in [1.165, 1.54) is 43.4 Å². The number of ether oxygens (including phenoxy) is 1. The summed E-state index contributed by atoms with van der Waals surface area (Å²) in [6, 6.07) is 12.2. The highest BCUT2D eigenvalue weighted by molar-refractivity contribution is 14.1. The lowest BCUT2D eigenvalue weighted by molar-refractivity contribution is -0.0521. The Hall–Kier alpha value is -1.24. The molecule has 5 heteroatoms. The summed E-state index contributed by atoms with van der Waals surface area (Å²) in [5.74, 6) is -0.609. The molecule has 0 spiro atoms.